The maximum absolute atomic E-state index is 13.2. The second-order valence-corrected chi connectivity index (χ2v) is 4.74. The van der Waals surface area contributed by atoms with Crippen LogP contribution in [0.25, 0.3) is 0 Å². The van der Waals surface area contributed by atoms with E-state index in [0.29, 0.717) is 18.8 Å². The summed E-state index contributed by atoms with van der Waals surface area (Å²) in [6, 6.07) is 6.03. The Morgan fingerprint density at radius 2 is 1.96 bits per heavy atom. The zero-order valence-corrected chi connectivity index (χ0v) is 12.0. The van der Waals surface area contributed by atoms with E-state index in [1.54, 1.807) is 0 Å². The number of nitrogens with one attached hydrogen (secondary N) is 1. The number of alkyl halides is 3. The topological polar surface area (TPSA) is 94.0 Å². The summed E-state index contributed by atoms with van der Waals surface area (Å²) in [5.74, 6) is -0.953. The number of anilines is 2. The minimum Gasteiger partial charge on any atom is -0.384 e. The molecule has 0 aliphatic rings. The number of rotatable bonds is 5. The number of hydrogen-bond acceptors (Lipinski definition) is 5. The molecule has 5 nitrogen and oxygen atoms in total. The van der Waals surface area contributed by atoms with Gasteiger partial charge in [0.15, 0.2) is 5.78 Å². The van der Waals surface area contributed by atoms with Gasteiger partial charge in [0.1, 0.15) is 5.82 Å². The molecule has 1 aromatic heterocycles. The summed E-state index contributed by atoms with van der Waals surface area (Å²) in [7, 11) is 0. The third kappa shape index (κ3) is 3.78. The fourth-order valence-electron chi connectivity index (χ4n) is 2.06. The van der Waals surface area contributed by atoms with E-state index in [4.69, 9.17) is 11.5 Å². The molecule has 0 amide bonds. The van der Waals surface area contributed by atoms with Crippen molar-refractivity contribution in [2.45, 2.75) is 6.18 Å². The van der Waals surface area contributed by atoms with Crippen molar-refractivity contribution in [2.75, 3.05) is 24.1 Å². The molecule has 1 heterocycles. The maximum atomic E-state index is 13.2. The SMILES string of the molecule is NCCNc1ccc(C(F)(F)F)c(C(=O)c2cccnc2N)c1. The van der Waals surface area contributed by atoms with E-state index in [9.17, 15) is 18.0 Å². The molecule has 0 atom stereocenters. The van der Waals surface area contributed by atoms with Crippen molar-refractivity contribution < 1.29 is 18.0 Å². The van der Waals surface area contributed by atoms with Crippen LogP contribution in [0.5, 0.6) is 0 Å². The minimum absolute atomic E-state index is 0.0750. The van der Waals surface area contributed by atoms with Gasteiger partial charge in [-0.2, -0.15) is 13.2 Å². The molecular formula is C15H15F3N4O. The monoisotopic (exact) mass is 324 g/mol. The van der Waals surface area contributed by atoms with E-state index >= 15 is 0 Å². The lowest BCUT2D eigenvalue weighted by Gasteiger charge is -2.15. The van der Waals surface area contributed by atoms with Crippen LogP contribution in [0.2, 0.25) is 0 Å². The van der Waals surface area contributed by atoms with Crippen LogP contribution in [-0.4, -0.2) is 23.9 Å². The normalized spacial score (nSPS) is 11.3. The summed E-state index contributed by atoms with van der Waals surface area (Å²) < 4.78 is 39.5. The molecule has 0 saturated carbocycles. The van der Waals surface area contributed by atoms with Crippen LogP contribution in [-0.2, 0) is 6.18 Å². The number of hydrogen-bond donors (Lipinski definition) is 3. The highest BCUT2D eigenvalue weighted by Gasteiger charge is 2.35. The van der Waals surface area contributed by atoms with Gasteiger partial charge in [-0.3, -0.25) is 4.79 Å². The number of benzene rings is 1. The molecular weight excluding hydrogens is 309 g/mol. The zero-order valence-electron chi connectivity index (χ0n) is 12.0. The Bertz CT molecular complexity index is 716. The number of halogens is 3. The van der Waals surface area contributed by atoms with Crippen molar-refractivity contribution >= 4 is 17.3 Å². The number of carbonyl (C=O) groups excluding carboxylic acids is 1. The second-order valence-electron chi connectivity index (χ2n) is 4.74. The first kappa shape index (κ1) is 16.8. The van der Waals surface area contributed by atoms with Crippen molar-refractivity contribution in [1.29, 1.82) is 0 Å². The summed E-state index contributed by atoms with van der Waals surface area (Å²) >= 11 is 0. The Labute approximate surface area is 130 Å². The predicted molar refractivity (Wildman–Crippen MR) is 81.1 cm³/mol. The Balaban J connectivity index is 2.53. The molecule has 0 unspecified atom stereocenters. The average molecular weight is 324 g/mol. The Morgan fingerprint density at radius 1 is 1.22 bits per heavy atom. The summed E-state index contributed by atoms with van der Waals surface area (Å²) in [6.45, 7) is 0.674. The van der Waals surface area contributed by atoms with E-state index < -0.39 is 23.1 Å². The highest BCUT2D eigenvalue weighted by Crippen LogP contribution is 2.34. The molecule has 5 N–H and O–H groups in total. The number of nitrogens with zero attached hydrogens (tertiary/aromatic N) is 1. The quantitative estimate of drug-likeness (QED) is 0.734. The molecule has 23 heavy (non-hydrogen) atoms. The van der Waals surface area contributed by atoms with Gasteiger partial charge in [0.05, 0.1) is 11.1 Å². The van der Waals surface area contributed by atoms with E-state index in [-0.39, 0.29) is 11.4 Å². The predicted octanol–water partition coefficient (Wildman–Crippen LogP) is 2.28. The van der Waals surface area contributed by atoms with Gasteiger partial charge in [-0.05, 0) is 30.3 Å². The van der Waals surface area contributed by atoms with Crippen molar-refractivity contribution in [2.24, 2.45) is 5.73 Å². The lowest BCUT2D eigenvalue weighted by molar-refractivity contribution is -0.137. The largest absolute Gasteiger partial charge is 0.417 e. The zero-order chi connectivity index (χ0) is 17.0. The van der Waals surface area contributed by atoms with E-state index in [0.717, 1.165) is 12.1 Å². The summed E-state index contributed by atoms with van der Waals surface area (Å²) in [5, 5.41) is 2.84. The summed E-state index contributed by atoms with van der Waals surface area (Å²) in [4.78, 5) is 16.2. The first-order valence-corrected chi connectivity index (χ1v) is 6.75. The van der Waals surface area contributed by atoms with E-state index in [1.807, 2.05) is 0 Å². The molecule has 0 aliphatic carbocycles. The van der Waals surface area contributed by atoms with Crippen LogP contribution in [0.1, 0.15) is 21.5 Å². The van der Waals surface area contributed by atoms with Crippen LogP contribution in [0.3, 0.4) is 0 Å². The minimum atomic E-state index is -4.66. The summed E-state index contributed by atoms with van der Waals surface area (Å²) in [6.07, 6.45) is -3.30. The number of carbonyl (C=O) groups is 1. The van der Waals surface area contributed by atoms with Gasteiger partial charge in [-0.1, -0.05) is 0 Å². The van der Waals surface area contributed by atoms with Crippen LogP contribution < -0.4 is 16.8 Å². The standard InChI is InChI=1S/C15H15F3N4O/c16-15(17,18)12-4-3-9(21-7-5-19)8-11(12)13(23)10-2-1-6-22-14(10)20/h1-4,6,8,21H,5,7,19H2,(H2,20,22). The molecule has 0 bridgehead atoms. The highest BCUT2D eigenvalue weighted by atomic mass is 19.4. The smallest absolute Gasteiger partial charge is 0.384 e. The third-order valence-electron chi connectivity index (χ3n) is 3.13. The lowest BCUT2D eigenvalue weighted by atomic mass is 9.97. The van der Waals surface area contributed by atoms with Gasteiger partial charge in [0, 0.05) is 30.5 Å². The van der Waals surface area contributed by atoms with Gasteiger partial charge >= 0.3 is 6.18 Å². The second kappa shape index (κ2) is 6.66. The van der Waals surface area contributed by atoms with Crippen molar-refractivity contribution in [3.05, 3.63) is 53.2 Å². The fraction of sp³-hybridized carbons (Fsp3) is 0.200. The molecule has 2 rings (SSSR count). The fourth-order valence-corrected chi connectivity index (χ4v) is 2.06. The first-order valence-electron chi connectivity index (χ1n) is 6.75. The van der Waals surface area contributed by atoms with E-state index in [2.05, 4.69) is 10.3 Å². The first-order chi connectivity index (χ1) is 10.8. The number of aromatic nitrogens is 1. The Kier molecular flexibility index (Phi) is 4.85. The Hall–Kier alpha value is -2.61. The number of ketones is 1. The van der Waals surface area contributed by atoms with Gasteiger partial charge in [-0.25, -0.2) is 4.98 Å². The third-order valence-corrected chi connectivity index (χ3v) is 3.13. The van der Waals surface area contributed by atoms with Crippen molar-refractivity contribution in [3.63, 3.8) is 0 Å². The maximum Gasteiger partial charge on any atom is 0.417 e. The van der Waals surface area contributed by atoms with Gasteiger partial charge in [0.2, 0.25) is 0 Å². The molecule has 0 fully saturated rings. The molecule has 2 aromatic rings. The molecule has 122 valence electrons. The van der Waals surface area contributed by atoms with Crippen LogP contribution in [0.4, 0.5) is 24.7 Å². The lowest BCUT2D eigenvalue weighted by Crippen LogP contribution is -2.17. The molecule has 0 aliphatic heterocycles. The molecule has 0 saturated heterocycles. The van der Waals surface area contributed by atoms with Gasteiger partial charge < -0.3 is 16.8 Å². The average Bonchev–Trinajstić information content (AvgIpc) is 2.51. The number of nitrogens with two attached hydrogens (primary N) is 2. The van der Waals surface area contributed by atoms with Crippen molar-refractivity contribution in [3.8, 4) is 0 Å². The molecule has 1 aromatic carbocycles. The Morgan fingerprint density at radius 3 is 2.57 bits per heavy atom. The van der Waals surface area contributed by atoms with Crippen LogP contribution >= 0.6 is 0 Å². The molecule has 0 spiro atoms. The van der Waals surface area contributed by atoms with Crippen LogP contribution in [0, 0.1) is 0 Å². The van der Waals surface area contributed by atoms with Gasteiger partial charge in [-0.15, -0.1) is 0 Å². The molecule has 0 radical (unpaired) electrons. The number of pyridine rings is 1. The highest BCUT2D eigenvalue weighted by molar-refractivity contribution is 6.12. The summed E-state index contributed by atoms with van der Waals surface area (Å²) in [5.41, 5.74) is 9.72. The van der Waals surface area contributed by atoms with Crippen molar-refractivity contribution in [1.82, 2.24) is 4.98 Å². The van der Waals surface area contributed by atoms with Crippen LogP contribution in [0.15, 0.2) is 36.5 Å². The van der Waals surface area contributed by atoms with E-state index in [1.165, 1.54) is 24.4 Å². The molecule has 8 heteroatoms. The number of nitrogen functional groups attached to an aromatic ring is 1. The van der Waals surface area contributed by atoms with Gasteiger partial charge in [0.25, 0.3) is 0 Å².